The summed E-state index contributed by atoms with van der Waals surface area (Å²) in [5.41, 5.74) is 1.40. The zero-order valence-corrected chi connectivity index (χ0v) is 13.9. The third kappa shape index (κ3) is 4.11. The van der Waals surface area contributed by atoms with Gasteiger partial charge in [0, 0.05) is 30.4 Å². The van der Waals surface area contributed by atoms with Gasteiger partial charge in [-0.1, -0.05) is 0 Å². The first-order chi connectivity index (χ1) is 10.5. The average molecular weight is 370 g/mol. The molecule has 118 valence electrons. The highest BCUT2D eigenvalue weighted by Gasteiger charge is 2.15. The van der Waals surface area contributed by atoms with E-state index in [4.69, 9.17) is 0 Å². The lowest BCUT2D eigenvalue weighted by Gasteiger charge is -2.12. The second kappa shape index (κ2) is 7.46. The molecular formula is C14H17BrFN5O. The minimum Gasteiger partial charge on any atom is -0.355 e. The van der Waals surface area contributed by atoms with Crippen molar-refractivity contribution < 1.29 is 9.18 Å². The molecule has 1 atom stereocenters. The summed E-state index contributed by atoms with van der Waals surface area (Å²) in [5.74, 6) is -0.486. The summed E-state index contributed by atoms with van der Waals surface area (Å²) in [5, 5.41) is 10.1. The van der Waals surface area contributed by atoms with E-state index >= 15 is 0 Å². The first-order valence-corrected chi connectivity index (χ1v) is 7.66. The first kappa shape index (κ1) is 16.6. The van der Waals surface area contributed by atoms with Gasteiger partial charge in [-0.05, 0) is 29.8 Å². The smallest absolute Gasteiger partial charge is 0.233 e. The van der Waals surface area contributed by atoms with Gasteiger partial charge in [-0.25, -0.2) is 9.07 Å². The number of aromatic nitrogens is 3. The fourth-order valence-corrected chi connectivity index (χ4v) is 2.55. The molecule has 2 N–H and O–H groups in total. The quantitative estimate of drug-likeness (QED) is 0.816. The molecule has 0 bridgehead atoms. The Morgan fingerprint density at radius 2 is 2.27 bits per heavy atom. The van der Waals surface area contributed by atoms with Gasteiger partial charge in [0.15, 0.2) is 0 Å². The van der Waals surface area contributed by atoms with E-state index < -0.39 is 5.82 Å². The second-order valence-corrected chi connectivity index (χ2v) is 5.49. The number of nitrogens with zero attached hydrogens (tertiary/aromatic N) is 3. The van der Waals surface area contributed by atoms with Gasteiger partial charge in [-0.2, -0.15) is 5.10 Å². The molecule has 6 nitrogen and oxygen atoms in total. The van der Waals surface area contributed by atoms with Crippen LogP contribution in [0.5, 0.6) is 0 Å². The van der Waals surface area contributed by atoms with Crippen molar-refractivity contribution in [2.24, 2.45) is 0 Å². The van der Waals surface area contributed by atoms with Crippen LogP contribution in [0.4, 0.5) is 4.39 Å². The highest BCUT2D eigenvalue weighted by Crippen LogP contribution is 2.23. The molecule has 1 unspecified atom stereocenters. The summed E-state index contributed by atoms with van der Waals surface area (Å²) in [6.07, 6.45) is 4.44. The van der Waals surface area contributed by atoms with Crippen LogP contribution in [0.3, 0.4) is 0 Å². The maximum atomic E-state index is 13.2. The number of rotatable bonds is 6. The summed E-state index contributed by atoms with van der Waals surface area (Å²) in [4.78, 5) is 15.3. The number of pyridine rings is 1. The Kier molecular flexibility index (Phi) is 5.62. The highest BCUT2D eigenvalue weighted by molar-refractivity contribution is 9.10. The lowest BCUT2D eigenvalue weighted by atomic mass is 10.2. The predicted molar refractivity (Wildman–Crippen MR) is 84.1 cm³/mol. The van der Waals surface area contributed by atoms with Crippen LogP contribution in [0.15, 0.2) is 29.3 Å². The third-order valence-corrected chi connectivity index (χ3v) is 3.68. The SMILES string of the molecule is CCNC(=O)CNC(C)c1cn(-c2cncc(F)c2)nc1Br. The van der Waals surface area contributed by atoms with Crippen molar-refractivity contribution in [3.63, 3.8) is 0 Å². The second-order valence-electron chi connectivity index (χ2n) is 4.74. The van der Waals surface area contributed by atoms with E-state index in [1.165, 1.54) is 12.3 Å². The largest absolute Gasteiger partial charge is 0.355 e. The van der Waals surface area contributed by atoms with Crippen LogP contribution in [0, 0.1) is 5.82 Å². The van der Waals surface area contributed by atoms with Gasteiger partial charge in [0.1, 0.15) is 10.4 Å². The third-order valence-electron chi connectivity index (χ3n) is 3.06. The topological polar surface area (TPSA) is 71.8 Å². The number of nitrogens with one attached hydrogen (secondary N) is 2. The monoisotopic (exact) mass is 369 g/mol. The maximum Gasteiger partial charge on any atom is 0.233 e. The van der Waals surface area contributed by atoms with E-state index in [-0.39, 0.29) is 18.5 Å². The summed E-state index contributed by atoms with van der Waals surface area (Å²) >= 11 is 3.38. The molecule has 8 heteroatoms. The Hall–Kier alpha value is -1.80. The first-order valence-electron chi connectivity index (χ1n) is 6.87. The van der Waals surface area contributed by atoms with E-state index in [1.54, 1.807) is 10.9 Å². The molecule has 2 rings (SSSR count). The molecule has 22 heavy (non-hydrogen) atoms. The van der Waals surface area contributed by atoms with Crippen LogP contribution in [0.1, 0.15) is 25.5 Å². The van der Waals surface area contributed by atoms with Crippen LogP contribution in [0.2, 0.25) is 0 Å². The van der Waals surface area contributed by atoms with E-state index in [2.05, 4.69) is 36.6 Å². The zero-order chi connectivity index (χ0) is 16.1. The fourth-order valence-electron chi connectivity index (χ4n) is 1.93. The summed E-state index contributed by atoms with van der Waals surface area (Å²) < 4.78 is 15.4. The Labute approximate surface area is 136 Å². The van der Waals surface area contributed by atoms with Crippen molar-refractivity contribution in [3.8, 4) is 5.69 Å². The van der Waals surface area contributed by atoms with E-state index in [1.807, 2.05) is 13.8 Å². The minimum absolute atomic E-state index is 0.0628. The normalized spacial score (nSPS) is 12.2. The predicted octanol–water partition coefficient (Wildman–Crippen LogP) is 1.96. The van der Waals surface area contributed by atoms with E-state index in [0.29, 0.717) is 16.8 Å². The van der Waals surface area contributed by atoms with Gasteiger partial charge >= 0.3 is 0 Å². The molecule has 0 aliphatic heterocycles. The minimum atomic E-state index is -0.423. The number of carbonyl (C=O) groups excluding carboxylic acids is 1. The molecule has 0 spiro atoms. The van der Waals surface area contributed by atoms with Gasteiger partial charge in [0.2, 0.25) is 5.91 Å². The summed E-state index contributed by atoms with van der Waals surface area (Å²) in [6.45, 7) is 4.61. The standard InChI is InChI=1S/C14H17BrFN5O/c1-3-18-13(22)7-19-9(2)12-8-21(20-14(12)15)11-4-10(16)5-17-6-11/h4-6,8-9,19H,3,7H2,1-2H3,(H,18,22). The zero-order valence-electron chi connectivity index (χ0n) is 12.3. The fraction of sp³-hybridized carbons (Fsp3) is 0.357. The van der Waals surface area contributed by atoms with Crippen LogP contribution < -0.4 is 10.6 Å². The average Bonchev–Trinajstić information content (AvgIpc) is 2.87. The van der Waals surface area contributed by atoms with Crippen molar-refractivity contribution in [3.05, 3.63) is 40.6 Å². The van der Waals surface area contributed by atoms with Gasteiger partial charge in [0.25, 0.3) is 0 Å². The molecule has 0 saturated heterocycles. The molecule has 0 aliphatic carbocycles. The highest BCUT2D eigenvalue weighted by atomic mass is 79.9. The van der Waals surface area contributed by atoms with Crippen LogP contribution in [-0.2, 0) is 4.79 Å². The van der Waals surface area contributed by atoms with Gasteiger partial charge in [0.05, 0.1) is 24.6 Å². The van der Waals surface area contributed by atoms with E-state index in [9.17, 15) is 9.18 Å². The number of amides is 1. The molecule has 2 aromatic heterocycles. The summed E-state index contributed by atoms with van der Waals surface area (Å²) in [6, 6.07) is 1.26. The summed E-state index contributed by atoms with van der Waals surface area (Å²) in [7, 11) is 0. The van der Waals surface area contributed by atoms with Crippen LogP contribution >= 0.6 is 15.9 Å². The lowest BCUT2D eigenvalue weighted by Crippen LogP contribution is -2.34. The molecule has 0 saturated carbocycles. The van der Waals surface area contributed by atoms with Crippen LogP contribution in [-0.4, -0.2) is 33.8 Å². The van der Waals surface area contributed by atoms with Gasteiger partial charge < -0.3 is 10.6 Å². The van der Waals surface area contributed by atoms with Crippen molar-refractivity contribution in [2.45, 2.75) is 19.9 Å². The Bertz CT molecular complexity index is 660. The Morgan fingerprint density at radius 3 is 2.95 bits per heavy atom. The van der Waals surface area contributed by atoms with Crippen molar-refractivity contribution in [1.82, 2.24) is 25.4 Å². The van der Waals surface area contributed by atoms with Crippen molar-refractivity contribution in [1.29, 1.82) is 0 Å². The van der Waals surface area contributed by atoms with Crippen molar-refractivity contribution in [2.75, 3.05) is 13.1 Å². The molecule has 0 aromatic carbocycles. The lowest BCUT2D eigenvalue weighted by molar-refractivity contribution is -0.120. The molecule has 2 heterocycles. The maximum absolute atomic E-state index is 13.2. The molecule has 0 aliphatic rings. The molecule has 0 radical (unpaired) electrons. The molecule has 0 fully saturated rings. The number of likely N-dealkylation sites (N-methyl/N-ethyl adjacent to an activating group) is 1. The van der Waals surface area contributed by atoms with Gasteiger partial charge in [-0.3, -0.25) is 9.78 Å². The molecule has 1 amide bonds. The van der Waals surface area contributed by atoms with Crippen LogP contribution in [0.25, 0.3) is 5.69 Å². The van der Waals surface area contributed by atoms with Gasteiger partial charge in [-0.15, -0.1) is 0 Å². The number of hydrogen-bond donors (Lipinski definition) is 2. The number of carbonyl (C=O) groups is 1. The number of hydrogen-bond acceptors (Lipinski definition) is 4. The molecular weight excluding hydrogens is 353 g/mol. The number of halogens is 2. The van der Waals surface area contributed by atoms with Crippen molar-refractivity contribution >= 4 is 21.8 Å². The van der Waals surface area contributed by atoms with E-state index in [0.717, 1.165) is 11.8 Å². The Morgan fingerprint density at radius 1 is 1.50 bits per heavy atom. The Balaban J connectivity index is 2.10. The molecule has 2 aromatic rings.